The van der Waals surface area contributed by atoms with Crippen molar-refractivity contribution in [2.75, 3.05) is 0 Å². The predicted molar refractivity (Wildman–Crippen MR) is 58.2 cm³/mol. The van der Waals surface area contributed by atoms with Crippen LogP contribution in [-0.4, -0.2) is 16.9 Å². The summed E-state index contributed by atoms with van der Waals surface area (Å²) >= 11 is 0. The van der Waals surface area contributed by atoms with Crippen LogP contribution in [0.2, 0.25) is 0 Å². The Morgan fingerprint density at radius 1 is 0.929 bits per heavy atom. The maximum absolute atomic E-state index is 6.28. The first-order valence-corrected chi connectivity index (χ1v) is 5.87. The molecule has 0 aromatic carbocycles. The first-order valence-electron chi connectivity index (χ1n) is 5.87. The summed E-state index contributed by atoms with van der Waals surface area (Å²) in [5, 5.41) is 3.71. The van der Waals surface area contributed by atoms with Gasteiger partial charge in [-0.3, -0.25) is 5.32 Å². The largest absolute Gasteiger partial charge is 0.353 e. The van der Waals surface area contributed by atoms with E-state index in [4.69, 9.17) is 4.74 Å². The average Bonchev–Trinajstić information content (AvgIpc) is 2.18. The number of hydrogen-bond acceptors (Lipinski definition) is 2. The molecule has 2 nitrogen and oxygen atoms in total. The molecule has 0 aromatic heterocycles. The number of ether oxygens (including phenoxy) is 1. The van der Waals surface area contributed by atoms with Gasteiger partial charge in [0.1, 0.15) is 5.72 Å². The molecule has 0 aromatic rings. The second-order valence-electron chi connectivity index (χ2n) is 5.92. The molecule has 82 valence electrons. The topological polar surface area (TPSA) is 21.3 Å². The summed E-state index contributed by atoms with van der Waals surface area (Å²) in [4.78, 5) is 0. The molecule has 1 saturated heterocycles. The summed E-state index contributed by atoms with van der Waals surface area (Å²) in [5.41, 5.74) is 0.0277. The molecule has 2 rings (SSSR count). The van der Waals surface area contributed by atoms with Crippen LogP contribution in [0.25, 0.3) is 0 Å². The molecular formula is C12H23NO. The van der Waals surface area contributed by atoms with Crippen molar-refractivity contribution in [3.05, 3.63) is 0 Å². The molecular weight excluding hydrogens is 174 g/mol. The zero-order valence-corrected chi connectivity index (χ0v) is 9.94. The van der Waals surface area contributed by atoms with E-state index >= 15 is 0 Å². The maximum atomic E-state index is 6.28. The number of nitrogens with one attached hydrogen (secondary N) is 1. The van der Waals surface area contributed by atoms with Crippen LogP contribution in [0.5, 0.6) is 0 Å². The van der Waals surface area contributed by atoms with Crippen molar-refractivity contribution >= 4 is 0 Å². The lowest BCUT2D eigenvalue weighted by atomic mass is 9.86. The zero-order valence-electron chi connectivity index (χ0n) is 9.94. The molecule has 1 heterocycles. The highest BCUT2D eigenvalue weighted by molar-refractivity contribution is 5.07. The van der Waals surface area contributed by atoms with Crippen molar-refractivity contribution in [3.8, 4) is 0 Å². The second kappa shape index (κ2) is 2.96. The summed E-state index contributed by atoms with van der Waals surface area (Å²) in [6, 6.07) is 0. The van der Waals surface area contributed by atoms with Gasteiger partial charge in [-0.25, -0.2) is 0 Å². The van der Waals surface area contributed by atoms with Gasteiger partial charge in [0.05, 0.1) is 5.60 Å². The van der Waals surface area contributed by atoms with E-state index in [1.807, 2.05) is 0 Å². The van der Waals surface area contributed by atoms with Crippen LogP contribution < -0.4 is 5.32 Å². The van der Waals surface area contributed by atoms with Crippen molar-refractivity contribution in [2.45, 2.75) is 76.7 Å². The highest BCUT2D eigenvalue weighted by atomic mass is 16.6. The molecule has 0 atom stereocenters. The van der Waals surface area contributed by atoms with Gasteiger partial charge in [-0.15, -0.1) is 0 Å². The SMILES string of the molecule is CC1(C)NC2(CCCCC2)OC1(C)C. The molecule has 14 heavy (non-hydrogen) atoms. The summed E-state index contributed by atoms with van der Waals surface area (Å²) in [7, 11) is 0. The van der Waals surface area contributed by atoms with Crippen molar-refractivity contribution in [2.24, 2.45) is 0 Å². The maximum Gasteiger partial charge on any atom is 0.120 e. The minimum atomic E-state index is -0.0513. The lowest BCUT2D eigenvalue weighted by Gasteiger charge is -2.34. The Balaban J connectivity index is 2.18. The predicted octanol–water partition coefficient (Wildman–Crippen LogP) is 2.82. The lowest BCUT2D eigenvalue weighted by Crippen LogP contribution is -2.52. The van der Waals surface area contributed by atoms with E-state index in [0.717, 1.165) is 0 Å². The minimum absolute atomic E-state index is 0.00868. The Morgan fingerprint density at radius 3 is 1.93 bits per heavy atom. The molecule has 0 radical (unpaired) electrons. The van der Waals surface area contributed by atoms with E-state index in [2.05, 4.69) is 33.0 Å². The van der Waals surface area contributed by atoms with Crippen LogP contribution in [0.15, 0.2) is 0 Å². The summed E-state index contributed by atoms with van der Waals surface area (Å²) < 4.78 is 6.28. The molecule has 2 fully saturated rings. The Hall–Kier alpha value is -0.0800. The van der Waals surface area contributed by atoms with Gasteiger partial charge in [0.15, 0.2) is 0 Å². The summed E-state index contributed by atoms with van der Waals surface area (Å²) in [6.07, 6.45) is 6.34. The van der Waals surface area contributed by atoms with Crippen LogP contribution in [0, 0.1) is 0 Å². The van der Waals surface area contributed by atoms with E-state index in [1.54, 1.807) is 0 Å². The van der Waals surface area contributed by atoms with E-state index < -0.39 is 0 Å². The number of hydrogen-bond donors (Lipinski definition) is 1. The monoisotopic (exact) mass is 197 g/mol. The third kappa shape index (κ3) is 1.49. The Labute approximate surface area is 87.4 Å². The molecule has 2 aliphatic rings. The molecule has 1 saturated carbocycles. The van der Waals surface area contributed by atoms with Gasteiger partial charge in [0, 0.05) is 5.54 Å². The van der Waals surface area contributed by atoms with Crippen molar-refractivity contribution < 1.29 is 4.74 Å². The minimum Gasteiger partial charge on any atom is -0.353 e. The molecule has 0 bridgehead atoms. The van der Waals surface area contributed by atoms with Crippen molar-refractivity contribution in [1.29, 1.82) is 0 Å². The van der Waals surface area contributed by atoms with Gasteiger partial charge in [-0.1, -0.05) is 6.42 Å². The quantitative estimate of drug-likeness (QED) is 0.644. The second-order valence-corrected chi connectivity index (χ2v) is 5.92. The highest BCUT2D eigenvalue weighted by Crippen LogP contribution is 2.44. The van der Waals surface area contributed by atoms with Gasteiger partial charge in [-0.05, 0) is 53.4 Å². The molecule has 1 aliphatic heterocycles. The fourth-order valence-corrected chi connectivity index (χ4v) is 2.71. The highest BCUT2D eigenvalue weighted by Gasteiger charge is 2.54. The van der Waals surface area contributed by atoms with Gasteiger partial charge in [0.2, 0.25) is 0 Å². The Morgan fingerprint density at radius 2 is 1.50 bits per heavy atom. The van der Waals surface area contributed by atoms with E-state index in [-0.39, 0.29) is 16.9 Å². The van der Waals surface area contributed by atoms with E-state index in [9.17, 15) is 0 Å². The van der Waals surface area contributed by atoms with E-state index in [0.29, 0.717) is 0 Å². The average molecular weight is 197 g/mol. The summed E-state index contributed by atoms with van der Waals surface area (Å²) in [6.45, 7) is 8.89. The van der Waals surface area contributed by atoms with Gasteiger partial charge < -0.3 is 4.74 Å². The van der Waals surface area contributed by atoms with Crippen LogP contribution >= 0.6 is 0 Å². The molecule has 2 heteroatoms. The zero-order chi connectivity index (χ0) is 10.4. The Kier molecular flexibility index (Phi) is 2.20. The molecule has 0 amide bonds. The molecule has 0 unspecified atom stereocenters. The fraction of sp³-hybridized carbons (Fsp3) is 1.00. The molecule has 1 spiro atoms. The van der Waals surface area contributed by atoms with Crippen LogP contribution in [0.4, 0.5) is 0 Å². The third-order valence-corrected chi connectivity index (χ3v) is 4.16. The first-order chi connectivity index (χ1) is 6.37. The third-order valence-electron chi connectivity index (χ3n) is 4.16. The first kappa shape index (κ1) is 10.4. The molecule has 1 N–H and O–H groups in total. The van der Waals surface area contributed by atoms with Crippen LogP contribution in [0.1, 0.15) is 59.8 Å². The number of rotatable bonds is 0. The van der Waals surface area contributed by atoms with Crippen LogP contribution in [0.3, 0.4) is 0 Å². The standard InChI is InChI=1S/C12H23NO/c1-10(2)11(3,4)14-12(13-10)8-6-5-7-9-12/h13H,5-9H2,1-4H3. The van der Waals surface area contributed by atoms with Crippen molar-refractivity contribution in [3.63, 3.8) is 0 Å². The normalized spacial score (nSPS) is 33.4. The smallest absolute Gasteiger partial charge is 0.120 e. The van der Waals surface area contributed by atoms with Gasteiger partial charge in [-0.2, -0.15) is 0 Å². The fourth-order valence-electron chi connectivity index (χ4n) is 2.71. The van der Waals surface area contributed by atoms with Gasteiger partial charge >= 0.3 is 0 Å². The van der Waals surface area contributed by atoms with Gasteiger partial charge in [0.25, 0.3) is 0 Å². The van der Waals surface area contributed by atoms with Crippen LogP contribution in [-0.2, 0) is 4.74 Å². The lowest BCUT2D eigenvalue weighted by molar-refractivity contribution is -0.115. The molecule has 1 aliphatic carbocycles. The Bertz CT molecular complexity index is 208. The van der Waals surface area contributed by atoms with Crippen molar-refractivity contribution in [1.82, 2.24) is 5.32 Å². The summed E-state index contributed by atoms with van der Waals surface area (Å²) in [5.74, 6) is 0. The van der Waals surface area contributed by atoms with E-state index in [1.165, 1.54) is 32.1 Å².